The number of primary amides is 1. The normalized spacial score (nSPS) is 12.2. The lowest BCUT2D eigenvalue weighted by molar-refractivity contribution is -0.122. The standard InChI is InChI=1S/C16H26N2O3/c1-11(2)8-18-9-13-6-5-7-14(20-4)15(13)21-10-12(3)16(17)19/h5-7,11-12,18H,8-10H2,1-4H3,(H2,17,19). The number of nitrogens with one attached hydrogen (secondary N) is 1. The number of nitrogens with two attached hydrogens (primary N) is 1. The second-order valence-electron chi connectivity index (χ2n) is 5.59. The lowest BCUT2D eigenvalue weighted by atomic mass is 10.1. The smallest absolute Gasteiger partial charge is 0.223 e. The molecule has 0 saturated carbocycles. The number of carbonyl (C=O) groups excluding carboxylic acids is 1. The maximum atomic E-state index is 11.1. The van der Waals surface area contributed by atoms with Crippen LogP contribution >= 0.6 is 0 Å². The number of carbonyl (C=O) groups is 1. The van der Waals surface area contributed by atoms with Gasteiger partial charge in [0.2, 0.25) is 5.91 Å². The Hall–Kier alpha value is -1.75. The van der Waals surface area contributed by atoms with Crippen LogP contribution in [0.1, 0.15) is 26.3 Å². The molecule has 0 fully saturated rings. The van der Waals surface area contributed by atoms with E-state index in [-0.39, 0.29) is 18.4 Å². The van der Waals surface area contributed by atoms with Gasteiger partial charge in [-0.2, -0.15) is 0 Å². The second kappa shape index (κ2) is 8.52. The highest BCUT2D eigenvalue weighted by molar-refractivity contribution is 5.76. The summed E-state index contributed by atoms with van der Waals surface area (Å²) in [5.41, 5.74) is 6.27. The average molecular weight is 294 g/mol. The summed E-state index contributed by atoms with van der Waals surface area (Å²) in [6, 6.07) is 5.76. The number of methoxy groups -OCH3 is 1. The van der Waals surface area contributed by atoms with E-state index in [4.69, 9.17) is 15.2 Å². The topological polar surface area (TPSA) is 73.6 Å². The summed E-state index contributed by atoms with van der Waals surface area (Å²) in [6.07, 6.45) is 0. The van der Waals surface area contributed by atoms with E-state index in [0.29, 0.717) is 24.0 Å². The Bertz CT molecular complexity index is 461. The van der Waals surface area contributed by atoms with Crippen LogP contribution in [0.15, 0.2) is 18.2 Å². The summed E-state index contributed by atoms with van der Waals surface area (Å²) in [7, 11) is 1.60. The number of amides is 1. The van der Waals surface area contributed by atoms with Crippen molar-refractivity contribution in [1.29, 1.82) is 0 Å². The molecule has 0 radical (unpaired) electrons. The molecule has 3 N–H and O–H groups in total. The minimum atomic E-state index is -0.371. The molecule has 1 aromatic rings. The number of para-hydroxylation sites is 1. The average Bonchev–Trinajstić information content (AvgIpc) is 2.44. The largest absolute Gasteiger partial charge is 0.493 e. The van der Waals surface area contributed by atoms with Crippen molar-refractivity contribution in [3.63, 3.8) is 0 Å². The zero-order chi connectivity index (χ0) is 15.8. The third kappa shape index (κ3) is 5.63. The summed E-state index contributed by atoms with van der Waals surface area (Å²) < 4.78 is 11.1. The Morgan fingerprint density at radius 1 is 1.33 bits per heavy atom. The van der Waals surface area contributed by atoms with E-state index in [1.54, 1.807) is 14.0 Å². The molecule has 0 spiro atoms. The number of ether oxygens (including phenoxy) is 2. The molecule has 5 heteroatoms. The fourth-order valence-electron chi connectivity index (χ4n) is 1.81. The van der Waals surface area contributed by atoms with Crippen LogP contribution in [-0.4, -0.2) is 26.2 Å². The van der Waals surface area contributed by atoms with Gasteiger partial charge >= 0.3 is 0 Å². The molecule has 0 aliphatic carbocycles. The van der Waals surface area contributed by atoms with E-state index in [2.05, 4.69) is 19.2 Å². The lowest BCUT2D eigenvalue weighted by Crippen LogP contribution is -2.26. The Labute approximate surface area is 126 Å². The first kappa shape index (κ1) is 17.3. The summed E-state index contributed by atoms with van der Waals surface area (Å²) in [5.74, 6) is 1.20. The molecule has 1 unspecified atom stereocenters. The maximum absolute atomic E-state index is 11.1. The predicted molar refractivity (Wildman–Crippen MR) is 83.4 cm³/mol. The molecule has 0 saturated heterocycles. The molecule has 1 amide bonds. The molecular formula is C16H26N2O3. The van der Waals surface area contributed by atoms with E-state index in [0.717, 1.165) is 12.1 Å². The number of hydrogen-bond donors (Lipinski definition) is 2. The van der Waals surface area contributed by atoms with Gasteiger partial charge in [0.05, 0.1) is 19.6 Å². The van der Waals surface area contributed by atoms with Crippen LogP contribution in [0.2, 0.25) is 0 Å². The maximum Gasteiger partial charge on any atom is 0.223 e. The molecule has 1 aromatic carbocycles. The Morgan fingerprint density at radius 2 is 2.05 bits per heavy atom. The quantitative estimate of drug-likeness (QED) is 0.730. The molecule has 0 aliphatic heterocycles. The first-order valence-corrected chi connectivity index (χ1v) is 7.24. The first-order chi connectivity index (χ1) is 9.95. The molecule has 0 aromatic heterocycles. The highest BCUT2D eigenvalue weighted by atomic mass is 16.5. The summed E-state index contributed by atoms with van der Waals surface area (Å²) in [5, 5.41) is 3.38. The van der Waals surface area contributed by atoms with E-state index in [1.165, 1.54) is 0 Å². The second-order valence-corrected chi connectivity index (χ2v) is 5.59. The van der Waals surface area contributed by atoms with Crippen molar-refractivity contribution >= 4 is 5.91 Å². The van der Waals surface area contributed by atoms with Gasteiger partial charge in [-0.25, -0.2) is 0 Å². The van der Waals surface area contributed by atoms with E-state index in [9.17, 15) is 4.79 Å². The van der Waals surface area contributed by atoms with E-state index >= 15 is 0 Å². The van der Waals surface area contributed by atoms with Gasteiger partial charge in [-0.3, -0.25) is 4.79 Å². The predicted octanol–water partition coefficient (Wildman–Crippen LogP) is 1.94. The fraction of sp³-hybridized carbons (Fsp3) is 0.562. The van der Waals surface area contributed by atoms with Gasteiger partial charge in [0.15, 0.2) is 11.5 Å². The molecular weight excluding hydrogens is 268 g/mol. The van der Waals surface area contributed by atoms with Crippen LogP contribution in [-0.2, 0) is 11.3 Å². The van der Waals surface area contributed by atoms with Crippen molar-refractivity contribution in [2.24, 2.45) is 17.6 Å². The minimum Gasteiger partial charge on any atom is -0.493 e. The summed E-state index contributed by atoms with van der Waals surface area (Å²) in [6.45, 7) is 7.92. The Morgan fingerprint density at radius 3 is 2.62 bits per heavy atom. The number of hydrogen-bond acceptors (Lipinski definition) is 4. The van der Waals surface area contributed by atoms with Gasteiger partial charge in [0, 0.05) is 12.1 Å². The van der Waals surface area contributed by atoms with Gasteiger partial charge in [-0.1, -0.05) is 32.9 Å². The highest BCUT2D eigenvalue weighted by Gasteiger charge is 2.14. The van der Waals surface area contributed by atoms with Crippen LogP contribution in [0.5, 0.6) is 11.5 Å². The van der Waals surface area contributed by atoms with Gasteiger partial charge in [0.1, 0.15) is 0 Å². The SMILES string of the molecule is COc1cccc(CNCC(C)C)c1OCC(C)C(N)=O. The van der Waals surface area contributed by atoms with E-state index in [1.807, 2.05) is 18.2 Å². The van der Waals surface area contributed by atoms with Gasteiger partial charge in [-0.05, 0) is 18.5 Å². The molecule has 0 heterocycles. The molecule has 0 aliphatic rings. The summed E-state index contributed by atoms with van der Waals surface area (Å²) >= 11 is 0. The molecule has 21 heavy (non-hydrogen) atoms. The first-order valence-electron chi connectivity index (χ1n) is 7.24. The molecule has 1 atom stereocenters. The van der Waals surface area contributed by atoms with Crippen molar-refractivity contribution in [3.05, 3.63) is 23.8 Å². The van der Waals surface area contributed by atoms with Crippen LogP contribution in [0.25, 0.3) is 0 Å². The third-order valence-electron chi connectivity index (χ3n) is 3.11. The van der Waals surface area contributed by atoms with Crippen molar-refractivity contribution in [3.8, 4) is 11.5 Å². The van der Waals surface area contributed by atoms with Crippen molar-refractivity contribution < 1.29 is 14.3 Å². The van der Waals surface area contributed by atoms with Crippen LogP contribution in [0, 0.1) is 11.8 Å². The molecule has 118 valence electrons. The van der Waals surface area contributed by atoms with E-state index < -0.39 is 0 Å². The van der Waals surface area contributed by atoms with Crippen molar-refractivity contribution in [1.82, 2.24) is 5.32 Å². The zero-order valence-electron chi connectivity index (χ0n) is 13.3. The molecule has 1 rings (SSSR count). The monoisotopic (exact) mass is 294 g/mol. The number of rotatable bonds is 9. The number of benzene rings is 1. The van der Waals surface area contributed by atoms with Crippen LogP contribution in [0.4, 0.5) is 0 Å². The van der Waals surface area contributed by atoms with Gasteiger partial charge in [-0.15, -0.1) is 0 Å². The minimum absolute atomic E-state index is 0.243. The van der Waals surface area contributed by atoms with Crippen molar-refractivity contribution in [2.45, 2.75) is 27.3 Å². The van der Waals surface area contributed by atoms with Crippen molar-refractivity contribution in [2.75, 3.05) is 20.3 Å². The fourth-order valence-corrected chi connectivity index (χ4v) is 1.81. The Balaban J connectivity index is 2.79. The molecule has 5 nitrogen and oxygen atoms in total. The third-order valence-corrected chi connectivity index (χ3v) is 3.11. The zero-order valence-corrected chi connectivity index (χ0v) is 13.3. The van der Waals surface area contributed by atoms with Crippen LogP contribution < -0.4 is 20.5 Å². The lowest BCUT2D eigenvalue weighted by Gasteiger charge is -2.17. The van der Waals surface area contributed by atoms with Crippen LogP contribution in [0.3, 0.4) is 0 Å². The summed E-state index contributed by atoms with van der Waals surface area (Å²) in [4.78, 5) is 11.1. The van der Waals surface area contributed by atoms with Gasteiger partial charge in [0.25, 0.3) is 0 Å². The Kier molecular flexibility index (Phi) is 7.02. The van der Waals surface area contributed by atoms with Gasteiger partial charge < -0.3 is 20.5 Å². The molecule has 0 bridgehead atoms. The highest BCUT2D eigenvalue weighted by Crippen LogP contribution is 2.31.